The third kappa shape index (κ3) is 4.03. The lowest BCUT2D eigenvalue weighted by molar-refractivity contribution is 0.462. The molecule has 2 aromatic carbocycles. The first-order valence-corrected chi connectivity index (χ1v) is 11.1. The van der Waals surface area contributed by atoms with E-state index in [4.69, 9.17) is 0 Å². The van der Waals surface area contributed by atoms with Gasteiger partial charge >= 0.3 is 0 Å². The van der Waals surface area contributed by atoms with E-state index in [0.29, 0.717) is 17.5 Å². The molecule has 1 aliphatic rings. The first-order valence-electron chi connectivity index (χ1n) is 10.3. The summed E-state index contributed by atoms with van der Waals surface area (Å²) < 4.78 is 28.9. The second-order valence-electron chi connectivity index (χ2n) is 7.90. The molecule has 0 fully saturated rings. The molecule has 1 atom stereocenters. The fraction of sp³-hybridized carbons (Fsp3) is 0.250. The first-order chi connectivity index (χ1) is 15.1. The highest BCUT2D eigenvalue weighted by Crippen LogP contribution is 2.33. The van der Waals surface area contributed by atoms with Gasteiger partial charge in [0.05, 0.1) is 18.3 Å². The molecule has 31 heavy (non-hydrogen) atoms. The minimum absolute atomic E-state index is 0.114. The van der Waals surface area contributed by atoms with Gasteiger partial charge in [-0.1, -0.05) is 30.3 Å². The van der Waals surface area contributed by atoms with Crippen LogP contribution in [0.15, 0.2) is 59.7 Å². The molecule has 158 valence electrons. The summed E-state index contributed by atoms with van der Waals surface area (Å²) in [6.07, 6.45) is 4.02. The number of benzene rings is 2. The van der Waals surface area contributed by atoms with Gasteiger partial charge < -0.3 is 5.32 Å². The maximum absolute atomic E-state index is 14.0. The standard InChI is InChI=1S/C24H21F2N3OS/c25-17-6-3-4-15(10-17)12-27-18-8-9-19-21(11-18)31-23-22(19)24(30)29(14-28-23)13-16-5-1-2-7-20(16)26/h1-7,10,14,18,27H,8-9,11-13H2. The third-order valence-corrected chi connectivity index (χ3v) is 6.98. The Bertz CT molecular complexity index is 1310. The molecule has 0 bridgehead atoms. The Kier molecular flexibility index (Phi) is 5.38. The number of fused-ring (bicyclic) bond motifs is 3. The summed E-state index contributed by atoms with van der Waals surface area (Å²) in [6, 6.07) is 13.4. The van der Waals surface area contributed by atoms with Gasteiger partial charge in [-0.3, -0.25) is 9.36 Å². The van der Waals surface area contributed by atoms with Gasteiger partial charge in [0.2, 0.25) is 0 Å². The van der Waals surface area contributed by atoms with E-state index in [0.717, 1.165) is 35.2 Å². The second kappa shape index (κ2) is 8.32. The number of aryl methyl sites for hydroxylation is 1. The molecule has 0 saturated heterocycles. The molecule has 0 spiro atoms. The number of rotatable bonds is 5. The van der Waals surface area contributed by atoms with Crippen molar-refractivity contribution >= 4 is 21.6 Å². The fourth-order valence-corrected chi connectivity index (χ4v) is 5.46. The average Bonchev–Trinajstić information content (AvgIpc) is 3.14. The summed E-state index contributed by atoms with van der Waals surface area (Å²) in [4.78, 5) is 19.6. The maximum Gasteiger partial charge on any atom is 0.262 e. The van der Waals surface area contributed by atoms with Gasteiger partial charge in [-0.25, -0.2) is 13.8 Å². The summed E-state index contributed by atoms with van der Waals surface area (Å²) in [5.74, 6) is -0.554. The number of halogens is 2. The zero-order valence-electron chi connectivity index (χ0n) is 16.8. The van der Waals surface area contributed by atoms with Crippen LogP contribution < -0.4 is 10.9 Å². The molecular weight excluding hydrogens is 416 g/mol. The molecule has 1 unspecified atom stereocenters. The van der Waals surface area contributed by atoms with Crippen molar-refractivity contribution in [1.82, 2.24) is 14.9 Å². The van der Waals surface area contributed by atoms with Crippen LogP contribution in [0.2, 0.25) is 0 Å². The lowest BCUT2D eigenvalue weighted by atomic mass is 9.93. The molecule has 4 nitrogen and oxygen atoms in total. The maximum atomic E-state index is 14.0. The molecular formula is C24H21F2N3OS. The van der Waals surface area contributed by atoms with E-state index < -0.39 is 0 Å². The van der Waals surface area contributed by atoms with Crippen LogP contribution >= 0.6 is 11.3 Å². The molecule has 4 aromatic rings. The monoisotopic (exact) mass is 437 g/mol. The Morgan fingerprint density at radius 1 is 1.16 bits per heavy atom. The molecule has 1 N–H and O–H groups in total. The minimum Gasteiger partial charge on any atom is -0.310 e. The van der Waals surface area contributed by atoms with E-state index in [1.807, 2.05) is 6.07 Å². The van der Waals surface area contributed by atoms with Crippen molar-refractivity contribution in [2.24, 2.45) is 0 Å². The minimum atomic E-state index is -0.325. The van der Waals surface area contributed by atoms with Gasteiger partial charge in [-0.15, -0.1) is 11.3 Å². The van der Waals surface area contributed by atoms with Gasteiger partial charge in [-0.2, -0.15) is 0 Å². The van der Waals surface area contributed by atoms with Crippen molar-refractivity contribution < 1.29 is 8.78 Å². The third-order valence-electron chi connectivity index (χ3n) is 5.82. The van der Waals surface area contributed by atoms with E-state index >= 15 is 0 Å². The molecule has 0 saturated carbocycles. The van der Waals surface area contributed by atoms with E-state index in [-0.39, 0.29) is 29.8 Å². The SMILES string of the molecule is O=c1c2c3c(sc2ncn1Cc1ccccc1F)CC(NCc1cccc(F)c1)CC3. The summed E-state index contributed by atoms with van der Waals surface area (Å²) in [5, 5.41) is 4.18. The summed E-state index contributed by atoms with van der Waals surface area (Å²) in [6.45, 7) is 0.771. The molecule has 2 heterocycles. The molecule has 0 radical (unpaired) electrons. The summed E-state index contributed by atoms with van der Waals surface area (Å²) in [7, 11) is 0. The largest absolute Gasteiger partial charge is 0.310 e. The van der Waals surface area contributed by atoms with E-state index in [1.165, 1.54) is 27.9 Å². The smallest absolute Gasteiger partial charge is 0.262 e. The second-order valence-corrected chi connectivity index (χ2v) is 8.99. The first kappa shape index (κ1) is 20.0. The Hall–Kier alpha value is -2.90. The van der Waals surface area contributed by atoms with Crippen molar-refractivity contribution in [2.45, 2.75) is 38.4 Å². The van der Waals surface area contributed by atoms with Gasteiger partial charge in [0, 0.05) is 23.0 Å². The van der Waals surface area contributed by atoms with E-state index in [1.54, 1.807) is 41.7 Å². The zero-order valence-corrected chi connectivity index (χ0v) is 17.6. The molecule has 5 rings (SSSR count). The number of hydrogen-bond donors (Lipinski definition) is 1. The van der Waals surface area contributed by atoms with Gasteiger partial charge in [-0.05, 0) is 48.6 Å². The quantitative estimate of drug-likeness (QED) is 0.502. The van der Waals surface area contributed by atoms with Crippen LogP contribution in [0.1, 0.15) is 28.0 Å². The molecule has 2 aromatic heterocycles. The summed E-state index contributed by atoms with van der Waals surface area (Å²) >= 11 is 1.56. The average molecular weight is 438 g/mol. The topological polar surface area (TPSA) is 46.9 Å². The Labute approximate surface area is 182 Å². The van der Waals surface area contributed by atoms with E-state index in [2.05, 4.69) is 10.3 Å². The number of nitrogens with one attached hydrogen (secondary N) is 1. The van der Waals surface area contributed by atoms with Crippen molar-refractivity contribution in [3.63, 3.8) is 0 Å². The number of thiophene rings is 1. The molecule has 0 amide bonds. The molecule has 0 aliphatic heterocycles. The number of aromatic nitrogens is 2. The van der Waals surface area contributed by atoms with Crippen molar-refractivity contribution in [3.05, 3.63) is 98.4 Å². The lowest BCUT2D eigenvalue weighted by Gasteiger charge is -2.23. The molecule has 1 aliphatic carbocycles. The van der Waals surface area contributed by atoms with Crippen LogP contribution in [0, 0.1) is 11.6 Å². The van der Waals surface area contributed by atoms with Crippen LogP contribution in [0.5, 0.6) is 0 Å². The van der Waals surface area contributed by atoms with Crippen LogP contribution in [-0.4, -0.2) is 15.6 Å². The normalized spacial score (nSPS) is 15.9. The molecule has 7 heteroatoms. The van der Waals surface area contributed by atoms with Gasteiger partial charge in [0.25, 0.3) is 5.56 Å². The fourth-order valence-electron chi connectivity index (χ4n) is 4.21. The van der Waals surface area contributed by atoms with E-state index in [9.17, 15) is 13.6 Å². The highest BCUT2D eigenvalue weighted by molar-refractivity contribution is 7.18. The van der Waals surface area contributed by atoms with Crippen molar-refractivity contribution in [2.75, 3.05) is 0 Å². The van der Waals surface area contributed by atoms with Gasteiger partial charge in [0.1, 0.15) is 16.5 Å². The number of nitrogens with zero attached hydrogens (tertiary/aromatic N) is 2. The van der Waals surface area contributed by atoms with Gasteiger partial charge in [0.15, 0.2) is 0 Å². The Morgan fingerprint density at radius 3 is 2.87 bits per heavy atom. The Balaban J connectivity index is 1.37. The predicted octanol–water partition coefficient (Wildman–Crippen LogP) is 4.43. The van der Waals surface area contributed by atoms with Crippen molar-refractivity contribution in [1.29, 1.82) is 0 Å². The van der Waals surface area contributed by atoms with Crippen LogP contribution in [0.25, 0.3) is 10.2 Å². The zero-order chi connectivity index (χ0) is 21.4. The highest BCUT2D eigenvalue weighted by atomic mass is 32.1. The summed E-state index contributed by atoms with van der Waals surface area (Å²) in [5.41, 5.74) is 2.34. The van der Waals surface area contributed by atoms with Crippen molar-refractivity contribution in [3.8, 4) is 0 Å². The highest BCUT2D eigenvalue weighted by Gasteiger charge is 2.25. The lowest BCUT2D eigenvalue weighted by Crippen LogP contribution is -2.33. The van der Waals surface area contributed by atoms with Crippen LogP contribution in [0.3, 0.4) is 0 Å². The van der Waals surface area contributed by atoms with Crippen LogP contribution in [-0.2, 0) is 25.9 Å². The Morgan fingerprint density at radius 2 is 2.03 bits per heavy atom. The van der Waals surface area contributed by atoms with Crippen LogP contribution in [0.4, 0.5) is 8.78 Å². The predicted molar refractivity (Wildman–Crippen MR) is 118 cm³/mol. The number of hydrogen-bond acceptors (Lipinski definition) is 4.